The van der Waals surface area contributed by atoms with Crippen molar-refractivity contribution in [3.05, 3.63) is 41.5 Å². The molecule has 0 aliphatic carbocycles. The number of amides is 1. The second-order valence-corrected chi connectivity index (χ2v) is 5.05. The topological polar surface area (TPSA) is 86.3 Å². The van der Waals surface area contributed by atoms with E-state index in [1.165, 1.54) is 6.07 Å². The van der Waals surface area contributed by atoms with Gasteiger partial charge < -0.3 is 14.2 Å². The van der Waals surface area contributed by atoms with Crippen LogP contribution in [0.2, 0.25) is 0 Å². The van der Waals surface area contributed by atoms with E-state index in [1.54, 1.807) is 18.0 Å². The number of carbonyl (C=O) groups excluding carboxylic acids is 1. The Kier molecular flexibility index (Phi) is 3.74. The third kappa shape index (κ3) is 2.63. The molecule has 1 saturated heterocycles. The van der Waals surface area contributed by atoms with E-state index in [9.17, 15) is 4.79 Å². The van der Waals surface area contributed by atoms with Gasteiger partial charge in [-0.05, 0) is 19.1 Å². The van der Waals surface area contributed by atoms with Gasteiger partial charge in [0.2, 0.25) is 5.76 Å². The van der Waals surface area contributed by atoms with Crippen molar-refractivity contribution in [2.75, 3.05) is 31.1 Å². The molecule has 2 aromatic rings. The first kappa shape index (κ1) is 14.1. The van der Waals surface area contributed by atoms with Crippen molar-refractivity contribution in [3.8, 4) is 6.07 Å². The summed E-state index contributed by atoms with van der Waals surface area (Å²) in [6, 6.07) is 7.17. The van der Waals surface area contributed by atoms with Gasteiger partial charge in [-0.25, -0.2) is 0 Å². The Morgan fingerprint density at radius 1 is 1.36 bits per heavy atom. The number of rotatable bonds is 2. The fourth-order valence-corrected chi connectivity index (χ4v) is 2.52. The molecule has 1 aliphatic rings. The third-order valence-electron chi connectivity index (χ3n) is 3.71. The van der Waals surface area contributed by atoms with Gasteiger partial charge in [0.1, 0.15) is 11.8 Å². The number of carbonyl (C=O) groups is 1. The quantitative estimate of drug-likeness (QED) is 0.828. The second-order valence-electron chi connectivity index (χ2n) is 5.05. The summed E-state index contributed by atoms with van der Waals surface area (Å²) in [5.74, 6) is 1.37. The third-order valence-corrected chi connectivity index (χ3v) is 3.71. The van der Waals surface area contributed by atoms with Gasteiger partial charge in [-0.15, -0.1) is 5.10 Å². The lowest BCUT2D eigenvalue weighted by Gasteiger charge is -2.35. The number of anilines is 1. The molecule has 3 heterocycles. The molecule has 1 amide bonds. The highest BCUT2D eigenvalue weighted by molar-refractivity contribution is 5.95. The summed E-state index contributed by atoms with van der Waals surface area (Å²) in [6.45, 7) is 4.30. The molecule has 1 fully saturated rings. The lowest BCUT2D eigenvalue weighted by atomic mass is 10.2. The van der Waals surface area contributed by atoms with Crippen LogP contribution in [0.1, 0.15) is 21.9 Å². The maximum Gasteiger partial charge on any atom is 0.257 e. The minimum absolute atomic E-state index is 0.0958. The second kappa shape index (κ2) is 5.85. The molecule has 3 rings (SSSR count). The average molecular weight is 297 g/mol. The van der Waals surface area contributed by atoms with Crippen LogP contribution in [0, 0.1) is 18.3 Å². The zero-order valence-electron chi connectivity index (χ0n) is 12.2. The Morgan fingerprint density at radius 3 is 2.73 bits per heavy atom. The number of hydrogen-bond acceptors (Lipinski definition) is 6. The van der Waals surface area contributed by atoms with Gasteiger partial charge >= 0.3 is 0 Å². The number of aryl methyl sites for hydroxylation is 1. The first-order chi connectivity index (χ1) is 10.7. The Labute approximate surface area is 127 Å². The van der Waals surface area contributed by atoms with Gasteiger partial charge in [-0.3, -0.25) is 4.79 Å². The molecule has 0 spiro atoms. The van der Waals surface area contributed by atoms with Crippen LogP contribution in [-0.4, -0.2) is 47.2 Å². The Bertz CT molecular complexity index is 711. The number of nitriles is 1. The standard InChI is InChI=1S/C15H15N5O2/c1-11-13(9-12(10-16)22-11)15(21)20-7-5-19(6-8-20)14-3-2-4-17-18-14/h2-4,9H,5-8H2,1H3. The van der Waals surface area contributed by atoms with Gasteiger partial charge in [0.05, 0.1) is 5.56 Å². The average Bonchev–Trinajstić information content (AvgIpc) is 2.96. The number of nitrogens with zero attached hydrogens (tertiary/aromatic N) is 5. The molecule has 0 unspecified atom stereocenters. The SMILES string of the molecule is Cc1oc(C#N)cc1C(=O)N1CCN(c2cccnn2)CC1. The molecule has 0 N–H and O–H groups in total. The van der Waals surface area contributed by atoms with Crippen LogP contribution in [0.25, 0.3) is 0 Å². The van der Waals surface area contributed by atoms with E-state index >= 15 is 0 Å². The molecular weight excluding hydrogens is 282 g/mol. The smallest absolute Gasteiger partial charge is 0.257 e. The van der Waals surface area contributed by atoms with Crippen LogP contribution in [0.15, 0.2) is 28.8 Å². The molecule has 2 aromatic heterocycles. The van der Waals surface area contributed by atoms with E-state index in [-0.39, 0.29) is 11.7 Å². The Morgan fingerprint density at radius 2 is 2.14 bits per heavy atom. The van der Waals surface area contributed by atoms with E-state index in [2.05, 4.69) is 15.1 Å². The van der Waals surface area contributed by atoms with Crippen LogP contribution in [-0.2, 0) is 0 Å². The van der Waals surface area contributed by atoms with Crippen molar-refractivity contribution >= 4 is 11.7 Å². The lowest BCUT2D eigenvalue weighted by molar-refractivity contribution is 0.0744. The minimum Gasteiger partial charge on any atom is -0.450 e. The van der Waals surface area contributed by atoms with Crippen LogP contribution in [0.3, 0.4) is 0 Å². The van der Waals surface area contributed by atoms with E-state index in [4.69, 9.17) is 9.68 Å². The van der Waals surface area contributed by atoms with Crippen LogP contribution < -0.4 is 4.90 Å². The maximum atomic E-state index is 12.5. The zero-order chi connectivity index (χ0) is 15.5. The maximum absolute atomic E-state index is 12.5. The fraction of sp³-hybridized carbons (Fsp3) is 0.333. The van der Waals surface area contributed by atoms with Crippen molar-refractivity contribution in [2.45, 2.75) is 6.92 Å². The molecule has 0 bridgehead atoms. The minimum atomic E-state index is -0.0958. The van der Waals surface area contributed by atoms with Crippen molar-refractivity contribution in [2.24, 2.45) is 0 Å². The largest absolute Gasteiger partial charge is 0.450 e. The van der Waals surface area contributed by atoms with E-state index < -0.39 is 0 Å². The number of furan rings is 1. The molecular formula is C15H15N5O2. The van der Waals surface area contributed by atoms with E-state index in [0.717, 1.165) is 5.82 Å². The van der Waals surface area contributed by atoms with Gasteiger partial charge in [0.15, 0.2) is 5.82 Å². The van der Waals surface area contributed by atoms with Crippen molar-refractivity contribution < 1.29 is 9.21 Å². The summed E-state index contributed by atoms with van der Waals surface area (Å²) >= 11 is 0. The highest BCUT2D eigenvalue weighted by Gasteiger charge is 2.25. The van der Waals surface area contributed by atoms with Gasteiger partial charge in [-0.1, -0.05) is 0 Å². The van der Waals surface area contributed by atoms with Gasteiger partial charge in [0.25, 0.3) is 5.91 Å². The molecule has 0 atom stereocenters. The number of aromatic nitrogens is 2. The predicted molar refractivity (Wildman–Crippen MR) is 78.3 cm³/mol. The Balaban J connectivity index is 1.67. The molecule has 0 saturated carbocycles. The molecule has 0 radical (unpaired) electrons. The monoisotopic (exact) mass is 297 g/mol. The molecule has 7 nitrogen and oxygen atoms in total. The van der Waals surface area contributed by atoms with Crippen LogP contribution in [0.4, 0.5) is 5.82 Å². The highest BCUT2D eigenvalue weighted by atomic mass is 16.3. The number of piperazine rings is 1. The molecule has 112 valence electrons. The first-order valence-corrected chi connectivity index (χ1v) is 7.01. The van der Waals surface area contributed by atoms with Crippen molar-refractivity contribution in [1.82, 2.24) is 15.1 Å². The molecule has 7 heteroatoms. The van der Waals surface area contributed by atoms with Crippen LogP contribution in [0.5, 0.6) is 0 Å². The fourth-order valence-electron chi connectivity index (χ4n) is 2.52. The van der Waals surface area contributed by atoms with Gasteiger partial charge in [0, 0.05) is 38.4 Å². The van der Waals surface area contributed by atoms with Crippen molar-refractivity contribution in [1.29, 1.82) is 5.26 Å². The van der Waals surface area contributed by atoms with E-state index in [0.29, 0.717) is 37.5 Å². The molecule has 0 aromatic carbocycles. The van der Waals surface area contributed by atoms with E-state index in [1.807, 2.05) is 18.2 Å². The predicted octanol–water partition coefficient (Wildman–Crippen LogP) is 1.21. The highest BCUT2D eigenvalue weighted by Crippen LogP contribution is 2.18. The summed E-state index contributed by atoms with van der Waals surface area (Å²) < 4.78 is 5.23. The summed E-state index contributed by atoms with van der Waals surface area (Å²) in [6.07, 6.45) is 1.64. The van der Waals surface area contributed by atoms with Gasteiger partial charge in [-0.2, -0.15) is 10.4 Å². The summed E-state index contributed by atoms with van der Waals surface area (Å²) in [5, 5.41) is 16.8. The first-order valence-electron chi connectivity index (χ1n) is 7.01. The summed E-state index contributed by atoms with van der Waals surface area (Å²) in [4.78, 5) is 16.4. The lowest BCUT2D eigenvalue weighted by Crippen LogP contribution is -2.49. The summed E-state index contributed by atoms with van der Waals surface area (Å²) in [5.41, 5.74) is 0.463. The zero-order valence-corrected chi connectivity index (χ0v) is 12.2. The number of hydrogen-bond donors (Lipinski definition) is 0. The molecule has 1 aliphatic heterocycles. The summed E-state index contributed by atoms with van der Waals surface area (Å²) in [7, 11) is 0. The Hall–Kier alpha value is -2.88. The normalized spacial score (nSPS) is 14.7. The van der Waals surface area contributed by atoms with Crippen molar-refractivity contribution in [3.63, 3.8) is 0 Å². The molecule has 22 heavy (non-hydrogen) atoms. The van der Waals surface area contributed by atoms with Crippen LogP contribution >= 0.6 is 0 Å².